The molecule has 0 aliphatic carbocycles. The van der Waals surface area contributed by atoms with Gasteiger partial charge in [-0.1, -0.05) is 40.4 Å². The Bertz CT molecular complexity index is 801. The van der Waals surface area contributed by atoms with Gasteiger partial charge >= 0.3 is 0 Å². The van der Waals surface area contributed by atoms with E-state index in [2.05, 4.69) is 58.5 Å². The van der Waals surface area contributed by atoms with Crippen LogP contribution in [0.4, 0.5) is 5.69 Å². The van der Waals surface area contributed by atoms with Crippen molar-refractivity contribution in [3.63, 3.8) is 0 Å². The number of aromatic nitrogens is 1. The normalized spacial score (nSPS) is 14.2. The Labute approximate surface area is 159 Å². The molecule has 0 aliphatic heterocycles. The van der Waals surface area contributed by atoms with E-state index in [1.807, 2.05) is 6.07 Å². The molecule has 0 bridgehead atoms. The third kappa shape index (κ3) is 4.83. The van der Waals surface area contributed by atoms with E-state index in [4.69, 9.17) is 4.43 Å². The minimum Gasteiger partial charge on any atom is -0.414 e. The standard InChI is InChI=1S/C19H32N2O3Si2/c1-19(2,3)12-16(24-25(4)5)17-14-11-13(21(22)23)9-10-15(14)20-18(17)26(6,7)8/h9-11,16,20,25H,12H2,1-8H3. The van der Waals surface area contributed by atoms with E-state index in [0.717, 1.165) is 22.9 Å². The zero-order chi connectivity index (χ0) is 19.9. The summed E-state index contributed by atoms with van der Waals surface area (Å²) in [5, 5.41) is 13.5. The maximum Gasteiger partial charge on any atom is 0.270 e. The highest BCUT2D eigenvalue weighted by Gasteiger charge is 2.32. The molecule has 2 aromatic rings. The summed E-state index contributed by atoms with van der Waals surface area (Å²) < 4.78 is 6.49. The summed E-state index contributed by atoms with van der Waals surface area (Å²) in [6.45, 7) is 17.9. The molecule has 0 saturated carbocycles. The van der Waals surface area contributed by atoms with Crippen molar-refractivity contribution in [3.8, 4) is 0 Å². The molecule has 0 spiro atoms. The number of nitro benzene ring substituents is 1. The predicted octanol–water partition coefficient (Wildman–Crippen LogP) is 5.10. The number of hydrogen-bond donors (Lipinski definition) is 1. The van der Waals surface area contributed by atoms with Crippen LogP contribution in [0.2, 0.25) is 32.7 Å². The Balaban J connectivity index is 2.76. The molecule has 0 aliphatic rings. The van der Waals surface area contributed by atoms with Crippen molar-refractivity contribution in [1.82, 2.24) is 4.98 Å². The van der Waals surface area contributed by atoms with Crippen LogP contribution in [0.5, 0.6) is 0 Å². The molecular weight excluding hydrogens is 360 g/mol. The first-order valence-electron chi connectivity index (χ1n) is 9.25. The van der Waals surface area contributed by atoms with Crippen LogP contribution in [0, 0.1) is 15.5 Å². The van der Waals surface area contributed by atoms with E-state index < -0.39 is 17.1 Å². The predicted molar refractivity (Wildman–Crippen MR) is 115 cm³/mol. The van der Waals surface area contributed by atoms with Gasteiger partial charge in [-0.3, -0.25) is 10.1 Å². The number of non-ortho nitro benzene ring substituents is 1. The number of aromatic amines is 1. The summed E-state index contributed by atoms with van der Waals surface area (Å²) in [6.07, 6.45) is 0.866. The molecule has 1 unspecified atom stereocenters. The van der Waals surface area contributed by atoms with Crippen molar-refractivity contribution >= 4 is 39.0 Å². The summed E-state index contributed by atoms with van der Waals surface area (Å²) in [4.78, 5) is 14.6. The average molecular weight is 393 g/mol. The second-order valence-corrected chi connectivity index (χ2v) is 17.0. The van der Waals surface area contributed by atoms with Gasteiger partial charge in [0.15, 0.2) is 9.04 Å². The molecule has 0 saturated heterocycles. The molecular formula is C19H32N2O3Si2. The van der Waals surface area contributed by atoms with Crippen molar-refractivity contribution < 1.29 is 9.35 Å². The zero-order valence-electron chi connectivity index (χ0n) is 17.3. The van der Waals surface area contributed by atoms with E-state index in [1.54, 1.807) is 12.1 Å². The molecule has 7 heteroatoms. The maximum atomic E-state index is 11.3. The third-order valence-corrected chi connectivity index (χ3v) is 7.11. The number of nitrogens with zero attached hydrogens (tertiary/aromatic N) is 1. The fraction of sp³-hybridized carbons (Fsp3) is 0.579. The van der Waals surface area contributed by atoms with Crippen molar-refractivity contribution in [2.24, 2.45) is 5.41 Å². The lowest BCUT2D eigenvalue weighted by Crippen LogP contribution is -2.42. The second-order valence-electron chi connectivity index (χ2n) is 9.59. The fourth-order valence-electron chi connectivity index (χ4n) is 3.34. The Hall–Kier alpha value is -1.45. The van der Waals surface area contributed by atoms with Gasteiger partial charge in [0.05, 0.1) is 19.1 Å². The molecule has 26 heavy (non-hydrogen) atoms. The van der Waals surface area contributed by atoms with E-state index >= 15 is 0 Å². The first kappa shape index (κ1) is 20.9. The van der Waals surface area contributed by atoms with Gasteiger partial charge in [-0.2, -0.15) is 0 Å². The van der Waals surface area contributed by atoms with Crippen LogP contribution in [0.15, 0.2) is 18.2 Å². The number of fused-ring (bicyclic) bond motifs is 1. The highest BCUT2D eigenvalue weighted by atomic mass is 28.3. The minimum absolute atomic E-state index is 0.0286. The van der Waals surface area contributed by atoms with Crippen LogP contribution < -0.4 is 5.32 Å². The van der Waals surface area contributed by atoms with Crippen LogP contribution >= 0.6 is 0 Å². The van der Waals surface area contributed by atoms with Crippen LogP contribution in [0.3, 0.4) is 0 Å². The molecule has 0 radical (unpaired) electrons. The zero-order valence-corrected chi connectivity index (χ0v) is 19.4. The first-order chi connectivity index (χ1) is 11.8. The summed E-state index contributed by atoms with van der Waals surface area (Å²) in [5.74, 6) is 0. The van der Waals surface area contributed by atoms with Gasteiger partial charge in [-0.15, -0.1) is 0 Å². The smallest absolute Gasteiger partial charge is 0.270 e. The van der Waals surface area contributed by atoms with Gasteiger partial charge in [-0.05, 0) is 31.0 Å². The Morgan fingerprint density at radius 1 is 1.27 bits per heavy atom. The topological polar surface area (TPSA) is 68.2 Å². The molecule has 0 amide bonds. The highest BCUT2D eigenvalue weighted by Crippen LogP contribution is 2.37. The number of hydrogen-bond acceptors (Lipinski definition) is 3. The molecule has 1 atom stereocenters. The molecule has 1 heterocycles. The van der Waals surface area contributed by atoms with Crippen LogP contribution in [0.25, 0.3) is 10.9 Å². The summed E-state index contributed by atoms with van der Waals surface area (Å²) >= 11 is 0. The van der Waals surface area contributed by atoms with Crippen LogP contribution in [-0.2, 0) is 4.43 Å². The quantitative estimate of drug-likeness (QED) is 0.422. The lowest BCUT2D eigenvalue weighted by Gasteiger charge is -2.30. The van der Waals surface area contributed by atoms with Gasteiger partial charge in [0.2, 0.25) is 0 Å². The molecule has 1 N–H and O–H groups in total. The molecule has 144 valence electrons. The number of nitro groups is 1. The van der Waals surface area contributed by atoms with Crippen molar-refractivity contribution in [2.45, 2.75) is 66.0 Å². The van der Waals surface area contributed by atoms with Gasteiger partial charge in [-0.25, -0.2) is 0 Å². The summed E-state index contributed by atoms with van der Waals surface area (Å²) in [7, 11) is -2.97. The van der Waals surface area contributed by atoms with E-state index in [-0.39, 0.29) is 22.1 Å². The first-order valence-corrected chi connectivity index (χ1v) is 15.5. The fourth-order valence-corrected chi connectivity index (χ4v) is 5.85. The molecule has 0 fully saturated rings. The maximum absolute atomic E-state index is 11.3. The third-order valence-electron chi connectivity index (χ3n) is 4.34. The molecule has 2 rings (SSSR count). The lowest BCUT2D eigenvalue weighted by atomic mass is 9.87. The molecule has 1 aromatic carbocycles. The van der Waals surface area contributed by atoms with E-state index in [0.29, 0.717) is 0 Å². The van der Waals surface area contributed by atoms with Crippen LogP contribution in [-0.4, -0.2) is 27.0 Å². The van der Waals surface area contributed by atoms with E-state index in [1.165, 1.54) is 5.32 Å². The van der Waals surface area contributed by atoms with E-state index in [9.17, 15) is 10.1 Å². The number of benzene rings is 1. The lowest BCUT2D eigenvalue weighted by molar-refractivity contribution is -0.384. The Kier molecular flexibility index (Phi) is 5.85. The molecule has 1 aromatic heterocycles. The monoisotopic (exact) mass is 392 g/mol. The number of rotatable bonds is 6. The number of H-pyrrole nitrogens is 1. The molecule has 5 nitrogen and oxygen atoms in total. The Morgan fingerprint density at radius 3 is 2.35 bits per heavy atom. The van der Waals surface area contributed by atoms with Crippen molar-refractivity contribution in [2.75, 3.05) is 0 Å². The van der Waals surface area contributed by atoms with Crippen molar-refractivity contribution in [1.29, 1.82) is 0 Å². The average Bonchev–Trinajstić information content (AvgIpc) is 2.82. The van der Waals surface area contributed by atoms with Crippen LogP contribution in [0.1, 0.15) is 38.9 Å². The van der Waals surface area contributed by atoms with Gasteiger partial charge in [0, 0.05) is 33.9 Å². The highest BCUT2D eigenvalue weighted by molar-refractivity contribution is 6.88. The summed E-state index contributed by atoms with van der Waals surface area (Å²) in [5.41, 5.74) is 2.36. The minimum atomic E-state index is -1.68. The Morgan fingerprint density at radius 2 is 1.88 bits per heavy atom. The number of nitrogens with one attached hydrogen (secondary N) is 1. The SMILES string of the molecule is C[SiH](C)OC(CC(C)(C)C)c1c([Si](C)(C)C)[nH]c2ccc([N+](=O)[O-])cc12. The van der Waals surface area contributed by atoms with Gasteiger partial charge in [0.1, 0.15) is 0 Å². The summed E-state index contributed by atoms with van der Waals surface area (Å²) in [6, 6.07) is 5.13. The van der Waals surface area contributed by atoms with Crippen molar-refractivity contribution in [3.05, 3.63) is 33.9 Å². The largest absolute Gasteiger partial charge is 0.414 e. The van der Waals surface area contributed by atoms with Gasteiger partial charge in [0.25, 0.3) is 5.69 Å². The van der Waals surface area contributed by atoms with Gasteiger partial charge < -0.3 is 9.41 Å². The second kappa shape index (κ2) is 7.29.